The second kappa shape index (κ2) is 7.10. The van der Waals surface area contributed by atoms with Crippen molar-refractivity contribution < 1.29 is 4.79 Å². The third kappa shape index (κ3) is 3.00. The molecule has 11 heteroatoms. The van der Waals surface area contributed by atoms with Crippen LogP contribution in [0.2, 0.25) is 0 Å². The van der Waals surface area contributed by atoms with Crippen molar-refractivity contribution in [3.8, 4) is 0 Å². The monoisotopic (exact) mass is 409 g/mol. The van der Waals surface area contributed by atoms with Crippen LogP contribution in [0, 0.1) is 0 Å². The van der Waals surface area contributed by atoms with Crippen LogP contribution < -0.4 is 22.1 Å². The number of carbonyl (C=O) groups is 1. The summed E-state index contributed by atoms with van der Waals surface area (Å²) in [6.07, 6.45) is 1.35. The van der Waals surface area contributed by atoms with Crippen LogP contribution in [0.15, 0.2) is 45.0 Å². The zero-order chi connectivity index (χ0) is 21.6. The van der Waals surface area contributed by atoms with Crippen molar-refractivity contribution in [2.45, 2.75) is 13.1 Å². The number of amides is 1. The summed E-state index contributed by atoms with van der Waals surface area (Å²) in [6.45, 7) is -0.0514. The van der Waals surface area contributed by atoms with Gasteiger partial charge in [-0.2, -0.15) is 5.10 Å². The first-order valence-electron chi connectivity index (χ1n) is 9.12. The molecule has 0 aliphatic carbocycles. The maximum absolute atomic E-state index is 12.5. The van der Waals surface area contributed by atoms with Gasteiger partial charge in [-0.3, -0.25) is 23.5 Å². The summed E-state index contributed by atoms with van der Waals surface area (Å²) in [5.41, 5.74) is -0.303. The SMILES string of the molecule is Cn1nc(CNC(=O)Cn2cnc3c2c(=O)n(C)c(=O)n3C)c2ccccc2c1=O. The summed E-state index contributed by atoms with van der Waals surface area (Å²) in [4.78, 5) is 53.3. The molecule has 3 aromatic heterocycles. The minimum absolute atomic E-state index is 0.108. The second-order valence-electron chi connectivity index (χ2n) is 6.95. The Hall–Kier alpha value is -4.02. The molecular formula is C19H19N7O4. The number of rotatable bonds is 4. The second-order valence-corrected chi connectivity index (χ2v) is 6.95. The topological polar surface area (TPSA) is 126 Å². The molecule has 0 radical (unpaired) electrons. The minimum Gasteiger partial charge on any atom is -0.349 e. The van der Waals surface area contributed by atoms with Crippen molar-refractivity contribution in [3.63, 3.8) is 0 Å². The lowest BCUT2D eigenvalue weighted by atomic mass is 10.1. The van der Waals surface area contributed by atoms with Gasteiger partial charge in [0.05, 0.1) is 24.0 Å². The maximum atomic E-state index is 12.5. The molecule has 1 aromatic carbocycles. The molecule has 0 aliphatic heterocycles. The molecule has 0 atom stereocenters. The summed E-state index contributed by atoms with van der Waals surface area (Å²) < 4.78 is 4.86. The number of carbonyl (C=O) groups excluding carboxylic acids is 1. The maximum Gasteiger partial charge on any atom is 0.332 e. The zero-order valence-corrected chi connectivity index (χ0v) is 16.6. The first kappa shape index (κ1) is 19.3. The molecule has 4 aromatic rings. The number of imidazole rings is 1. The van der Waals surface area contributed by atoms with E-state index in [2.05, 4.69) is 15.4 Å². The van der Waals surface area contributed by atoms with Gasteiger partial charge >= 0.3 is 5.69 Å². The van der Waals surface area contributed by atoms with Crippen LogP contribution in [0.3, 0.4) is 0 Å². The van der Waals surface area contributed by atoms with E-state index >= 15 is 0 Å². The summed E-state index contributed by atoms with van der Waals surface area (Å²) >= 11 is 0. The van der Waals surface area contributed by atoms with Crippen LogP contribution in [0.1, 0.15) is 5.69 Å². The van der Waals surface area contributed by atoms with Gasteiger partial charge in [-0.1, -0.05) is 18.2 Å². The molecule has 0 spiro atoms. The Bertz CT molecular complexity index is 1490. The van der Waals surface area contributed by atoms with Crippen LogP contribution in [0.5, 0.6) is 0 Å². The van der Waals surface area contributed by atoms with E-state index in [0.29, 0.717) is 16.5 Å². The van der Waals surface area contributed by atoms with E-state index < -0.39 is 11.2 Å². The molecule has 30 heavy (non-hydrogen) atoms. The molecule has 1 amide bonds. The van der Waals surface area contributed by atoms with E-state index in [4.69, 9.17) is 0 Å². The fourth-order valence-corrected chi connectivity index (χ4v) is 3.42. The van der Waals surface area contributed by atoms with Gasteiger partial charge < -0.3 is 9.88 Å². The van der Waals surface area contributed by atoms with Crippen molar-refractivity contribution in [2.24, 2.45) is 21.1 Å². The third-order valence-electron chi connectivity index (χ3n) is 5.02. The number of hydrogen-bond donors (Lipinski definition) is 1. The van der Waals surface area contributed by atoms with Crippen LogP contribution in [-0.4, -0.2) is 34.4 Å². The highest BCUT2D eigenvalue weighted by atomic mass is 16.2. The summed E-state index contributed by atoms with van der Waals surface area (Å²) in [5, 5.41) is 8.19. The molecule has 0 fully saturated rings. The highest BCUT2D eigenvalue weighted by Crippen LogP contribution is 2.12. The van der Waals surface area contributed by atoms with Crippen LogP contribution >= 0.6 is 0 Å². The number of hydrogen-bond acceptors (Lipinski definition) is 6. The van der Waals surface area contributed by atoms with E-state index in [-0.39, 0.29) is 35.7 Å². The number of aromatic nitrogens is 6. The van der Waals surface area contributed by atoms with Gasteiger partial charge in [0.15, 0.2) is 11.2 Å². The molecule has 4 rings (SSSR count). The molecule has 11 nitrogen and oxygen atoms in total. The van der Waals surface area contributed by atoms with Gasteiger partial charge in [0, 0.05) is 26.5 Å². The average Bonchev–Trinajstić information content (AvgIpc) is 3.16. The smallest absolute Gasteiger partial charge is 0.332 e. The molecule has 0 unspecified atom stereocenters. The zero-order valence-electron chi connectivity index (χ0n) is 16.6. The highest BCUT2D eigenvalue weighted by molar-refractivity contribution is 5.84. The fourth-order valence-electron chi connectivity index (χ4n) is 3.42. The van der Waals surface area contributed by atoms with Gasteiger partial charge in [0.1, 0.15) is 6.54 Å². The molecular weight excluding hydrogens is 390 g/mol. The lowest BCUT2D eigenvalue weighted by Gasteiger charge is -2.10. The summed E-state index contributed by atoms with van der Waals surface area (Å²) in [5.74, 6) is -0.370. The number of nitrogens with one attached hydrogen (secondary N) is 1. The molecule has 3 heterocycles. The number of aryl methyl sites for hydroxylation is 2. The van der Waals surface area contributed by atoms with E-state index in [0.717, 1.165) is 4.57 Å². The van der Waals surface area contributed by atoms with Crippen molar-refractivity contribution in [1.82, 2.24) is 33.8 Å². The van der Waals surface area contributed by atoms with E-state index in [1.807, 2.05) is 0 Å². The van der Waals surface area contributed by atoms with Crippen molar-refractivity contribution in [3.05, 3.63) is 67.5 Å². The lowest BCUT2D eigenvalue weighted by molar-refractivity contribution is -0.121. The lowest BCUT2D eigenvalue weighted by Crippen LogP contribution is -2.38. The van der Waals surface area contributed by atoms with E-state index in [1.54, 1.807) is 31.3 Å². The first-order chi connectivity index (χ1) is 14.3. The predicted octanol–water partition coefficient (Wildman–Crippen LogP) is -1.00. The molecule has 1 N–H and O–H groups in total. The Balaban J connectivity index is 1.61. The molecule has 154 valence electrons. The first-order valence-corrected chi connectivity index (χ1v) is 9.12. The molecule has 0 bridgehead atoms. The Morgan fingerprint density at radius 2 is 1.70 bits per heavy atom. The van der Waals surface area contributed by atoms with Crippen molar-refractivity contribution >= 4 is 27.8 Å². The number of fused-ring (bicyclic) bond motifs is 2. The molecule has 0 saturated heterocycles. The van der Waals surface area contributed by atoms with Gasteiger partial charge in [0.2, 0.25) is 5.91 Å². The predicted molar refractivity (Wildman–Crippen MR) is 109 cm³/mol. The molecule has 0 saturated carbocycles. The normalized spacial score (nSPS) is 11.3. The number of benzene rings is 1. The van der Waals surface area contributed by atoms with Crippen molar-refractivity contribution in [2.75, 3.05) is 0 Å². The van der Waals surface area contributed by atoms with Crippen LogP contribution in [0.25, 0.3) is 21.9 Å². The van der Waals surface area contributed by atoms with E-state index in [1.165, 1.54) is 34.2 Å². The van der Waals surface area contributed by atoms with Gasteiger partial charge in [-0.25, -0.2) is 14.5 Å². The quantitative estimate of drug-likeness (QED) is 0.461. The minimum atomic E-state index is -0.524. The standard InChI is InChI=1S/C19H19N7O4/c1-23-16-15(18(29)24(2)19(23)30)26(10-21-16)9-14(27)20-8-13-11-6-4-5-7-12(11)17(28)25(3)22-13/h4-7,10H,8-9H2,1-3H3,(H,20,27). The summed E-state index contributed by atoms with van der Waals surface area (Å²) in [7, 11) is 4.44. The van der Waals surface area contributed by atoms with E-state index in [9.17, 15) is 19.2 Å². The third-order valence-corrected chi connectivity index (χ3v) is 5.02. The largest absolute Gasteiger partial charge is 0.349 e. The van der Waals surface area contributed by atoms with Crippen molar-refractivity contribution in [1.29, 1.82) is 0 Å². The Morgan fingerprint density at radius 3 is 2.43 bits per heavy atom. The van der Waals surface area contributed by atoms with Crippen LogP contribution in [0.4, 0.5) is 0 Å². The highest BCUT2D eigenvalue weighted by Gasteiger charge is 2.16. The Labute approximate surface area is 168 Å². The van der Waals surface area contributed by atoms with Gasteiger partial charge in [-0.15, -0.1) is 0 Å². The fraction of sp³-hybridized carbons (Fsp3) is 0.263. The summed E-state index contributed by atoms with van der Waals surface area (Å²) in [6, 6.07) is 7.05. The van der Waals surface area contributed by atoms with Gasteiger partial charge in [-0.05, 0) is 6.07 Å². The average molecular weight is 409 g/mol. The number of nitrogens with zero attached hydrogens (tertiary/aromatic N) is 6. The molecule has 0 aliphatic rings. The van der Waals surface area contributed by atoms with Crippen LogP contribution in [-0.2, 0) is 39.0 Å². The van der Waals surface area contributed by atoms with Gasteiger partial charge in [0.25, 0.3) is 11.1 Å². The Kier molecular flexibility index (Phi) is 4.57. The Morgan fingerprint density at radius 1 is 1.00 bits per heavy atom.